The fraction of sp³-hybridized carbons (Fsp3) is 0.0769. The predicted molar refractivity (Wildman–Crippen MR) is 65.0 cm³/mol. The Morgan fingerprint density at radius 1 is 1.33 bits per heavy atom. The summed E-state index contributed by atoms with van der Waals surface area (Å²) in [7, 11) is 0. The number of phenolic OH excluding ortho intramolecular Hbond substituents is 1. The van der Waals surface area contributed by atoms with E-state index in [2.05, 4.69) is 10.3 Å². The maximum Gasteiger partial charge on any atom is 0.258 e. The predicted octanol–water partition coefficient (Wildman–Crippen LogP) is 2.49. The molecule has 1 aromatic carbocycles. The quantitative estimate of drug-likeness (QED) is 0.855. The van der Waals surface area contributed by atoms with Crippen LogP contribution in [0.2, 0.25) is 0 Å². The number of benzene rings is 1. The van der Waals surface area contributed by atoms with Gasteiger partial charge in [0.1, 0.15) is 11.6 Å². The van der Waals surface area contributed by atoms with Crippen molar-refractivity contribution in [1.82, 2.24) is 4.98 Å². The van der Waals surface area contributed by atoms with Crippen LogP contribution >= 0.6 is 0 Å². The molecule has 0 aliphatic rings. The zero-order valence-electron chi connectivity index (χ0n) is 9.64. The van der Waals surface area contributed by atoms with Gasteiger partial charge < -0.3 is 10.4 Å². The summed E-state index contributed by atoms with van der Waals surface area (Å²) in [6.07, 6.45) is 1.55. The van der Waals surface area contributed by atoms with Crippen LogP contribution in [0.15, 0.2) is 36.5 Å². The molecule has 0 saturated carbocycles. The van der Waals surface area contributed by atoms with Gasteiger partial charge in [0.2, 0.25) is 0 Å². The number of anilines is 1. The number of nitrogens with one attached hydrogen (secondary N) is 1. The van der Waals surface area contributed by atoms with Gasteiger partial charge in [0.05, 0.1) is 5.56 Å². The molecule has 92 valence electrons. The molecule has 1 aromatic heterocycles. The topological polar surface area (TPSA) is 62.2 Å². The van der Waals surface area contributed by atoms with Crippen molar-refractivity contribution < 1.29 is 14.3 Å². The fourth-order valence-corrected chi connectivity index (χ4v) is 1.51. The van der Waals surface area contributed by atoms with E-state index in [0.29, 0.717) is 5.69 Å². The molecule has 1 heterocycles. The molecule has 0 fully saturated rings. The lowest BCUT2D eigenvalue weighted by Crippen LogP contribution is -2.13. The Kier molecular flexibility index (Phi) is 3.23. The van der Waals surface area contributed by atoms with E-state index in [0.717, 1.165) is 11.8 Å². The maximum atomic E-state index is 13.4. The van der Waals surface area contributed by atoms with Crippen LogP contribution in [0.4, 0.5) is 10.1 Å². The second-order valence-electron chi connectivity index (χ2n) is 3.80. The summed E-state index contributed by atoms with van der Waals surface area (Å²) < 4.78 is 13.4. The number of carbonyl (C=O) groups is 1. The van der Waals surface area contributed by atoms with Crippen LogP contribution in [0.1, 0.15) is 16.1 Å². The van der Waals surface area contributed by atoms with Gasteiger partial charge in [0.15, 0.2) is 0 Å². The fourth-order valence-electron chi connectivity index (χ4n) is 1.51. The summed E-state index contributed by atoms with van der Waals surface area (Å²) in [4.78, 5) is 15.8. The van der Waals surface area contributed by atoms with E-state index in [-0.39, 0.29) is 11.3 Å². The van der Waals surface area contributed by atoms with Gasteiger partial charge in [-0.05, 0) is 31.2 Å². The first-order valence-corrected chi connectivity index (χ1v) is 5.29. The van der Waals surface area contributed by atoms with Crippen molar-refractivity contribution in [2.24, 2.45) is 0 Å². The molecule has 5 heteroatoms. The Hall–Kier alpha value is -2.43. The van der Waals surface area contributed by atoms with Crippen molar-refractivity contribution in [3.63, 3.8) is 0 Å². The maximum absolute atomic E-state index is 13.4. The summed E-state index contributed by atoms with van der Waals surface area (Å²) in [5, 5.41) is 11.6. The largest absolute Gasteiger partial charge is 0.508 e. The van der Waals surface area contributed by atoms with E-state index < -0.39 is 11.7 Å². The van der Waals surface area contributed by atoms with E-state index in [1.165, 1.54) is 12.1 Å². The molecule has 4 nitrogen and oxygen atoms in total. The summed E-state index contributed by atoms with van der Waals surface area (Å²) in [6.45, 7) is 1.79. The molecule has 0 radical (unpaired) electrons. The zero-order valence-corrected chi connectivity index (χ0v) is 9.64. The molecule has 0 aliphatic carbocycles. The molecule has 2 rings (SSSR count). The molecule has 0 spiro atoms. The van der Waals surface area contributed by atoms with E-state index in [9.17, 15) is 9.18 Å². The average molecular weight is 246 g/mol. The van der Waals surface area contributed by atoms with Crippen LogP contribution in [-0.2, 0) is 0 Å². The van der Waals surface area contributed by atoms with Gasteiger partial charge in [0.25, 0.3) is 5.91 Å². The van der Waals surface area contributed by atoms with Crippen molar-refractivity contribution in [3.8, 4) is 5.75 Å². The number of aryl methyl sites for hydroxylation is 1. The van der Waals surface area contributed by atoms with Gasteiger partial charge in [-0.1, -0.05) is 0 Å². The normalized spacial score (nSPS) is 10.1. The van der Waals surface area contributed by atoms with Crippen LogP contribution in [-0.4, -0.2) is 16.0 Å². The van der Waals surface area contributed by atoms with Crippen LogP contribution in [0, 0.1) is 12.7 Å². The van der Waals surface area contributed by atoms with Crippen molar-refractivity contribution >= 4 is 11.6 Å². The van der Waals surface area contributed by atoms with Crippen molar-refractivity contribution in [3.05, 3.63) is 53.6 Å². The molecular weight excluding hydrogens is 235 g/mol. The number of phenols is 1. The number of rotatable bonds is 2. The molecule has 2 N–H and O–H groups in total. The van der Waals surface area contributed by atoms with E-state index in [4.69, 9.17) is 5.11 Å². The zero-order chi connectivity index (χ0) is 13.1. The average Bonchev–Trinajstić information content (AvgIpc) is 2.28. The molecule has 1 amide bonds. The number of carbonyl (C=O) groups excluding carboxylic acids is 1. The lowest BCUT2D eigenvalue weighted by Gasteiger charge is -2.06. The first-order valence-electron chi connectivity index (χ1n) is 5.29. The number of hydrogen-bond acceptors (Lipinski definition) is 3. The van der Waals surface area contributed by atoms with Gasteiger partial charge in [-0.3, -0.25) is 9.78 Å². The highest BCUT2D eigenvalue weighted by atomic mass is 19.1. The standard InChI is InChI=1S/C13H11FN2O2/c1-8-6-9(4-5-15-8)16-13(18)11-3-2-10(17)7-12(11)14/h2-7,17H,1H3,(H,15,16,18). The molecule has 0 saturated heterocycles. The summed E-state index contributed by atoms with van der Waals surface area (Å²) >= 11 is 0. The third-order valence-electron chi connectivity index (χ3n) is 2.35. The molecule has 0 unspecified atom stereocenters. The minimum Gasteiger partial charge on any atom is -0.508 e. The summed E-state index contributed by atoms with van der Waals surface area (Å²) in [6, 6.07) is 6.68. The number of hydrogen-bond donors (Lipinski definition) is 2. The second-order valence-corrected chi connectivity index (χ2v) is 3.80. The first kappa shape index (κ1) is 12.0. The highest BCUT2D eigenvalue weighted by Gasteiger charge is 2.12. The van der Waals surface area contributed by atoms with Gasteiger partial charge in [0, 0.05) is 23.6 Å². The lowest BCUT2D eigenvalue weighted by molar-refractivity contribution is 0.102. The minimum atomic E-state index is -0.765. The Labute approximate surface area is 103 Å². The SMILES string of the molecule is Cc1cc(NC(=O)c2ccc(O)cc2F)ccn1. The number of nitrogens with zero attached hydrogens (tertiary/aromatic N) is 1. The Morgan fingerprint density at radius 3 is 2.78 bits per heavy atom. The van der Waals surface area contributed by atoms with Crippen LogP contribution in [0.25, 0.3) is 0 Å². The van der Waals surface area contributed by atoms with Crippen molar-refractivity contribution in [2.75, 3.05) is 5.32 Å². The van der Waals surface area contributed by atoms with E-state index in [1.807, 2.05) is 0 Å². The van der Waals surface area contributed by atoms with Crippen LogP contribution in [0.3, 0.4) is 0 Å². The minimum absolute atomic E-state index is 0.123. The highest BCUT2D eigenvalue weighted by Crippen LogP contribution is 2.16. The number of pyridine rings is 1. The second kappa shape index (κ2) is 4.83. The highest BCUT2D eigenvalue weighted by molar-refractivity contribution is 6.04. The third kappa shape index (κ3) is 2.63. The van der Waals surface area contributed by atoms with Crippen molar-refractivity contribution in [2.45, 2.75) is 6.92 Å². The molecule has 0 bridgehead atoms. The van der Waals surface area contributed by atoms with Gasteiger partial charge >= 0.3 is 0 Å². The summed E-state index contributed by atoms with van der Waals surface area (Å²) in [5.41, 5.74) is 1.17. The first-order chi connectivity index (χ1) is 8.56. The smallest absolute Gasteiger partial charge is 0.258 e. The summed E-state index contributed by atoms with van der Waals surface area (Å²) in [5.74, 6) is -1.56. The van der Waals surface area contributed by atoms with Crippen LogP contribution < -0.4 is 5.32 Å². The van der Waals surface area contributed by atoms with E-state index in [1.54, 1.807) is 25.3 Å². The molecule has 2 aromatic rings. The Bertz CT molecular complexity index is 599. The van der Waals surface area contributed by atoms with Crippen molar-refractivity contribution in [1.29, 1.82) is 0 Å². The van der Waals surface area contributed by atoms with Gasteiger partial charge in [-0.25, -0.2) is 4.39 Å². The number of aromatic hydroxyl groups is 1. The van der Waals surface area contributed by atoms with Crippen LogP contribution in [0.5, 0.6) is 5.75 Å². The number of aromatic nitrogens is 1. The van der Waals surface area contributed by atoms with E-state index >= 15 is 0 Å². The number of halogens is 1. The Morgan fingerprint density at radius 2 is 2.11 bits per heavy atom. The molecule has 0 aliphatic heterocycles. The third-order valence-corrected chi connectivity index (χ3v) is 2.35. The van der Waals surface area contributed by atoms with Gasteiger partial charge in [-0.2, -0.15) is 0 Å². The molecule has 18 heavy (non-hydrogen) atoms. The Balaban J connectivity index is 2.22. The molecule has 0 atom stereocenters. The lowest BCUT2D eigenvalue weighted by atomic mass is 10.2. The molecular formula is C13H11FN2O2. The monoisotopic (exact) mass is 246 g/mol. The number of amides is 1. The van der Waals surface area contributed by atoms with Gasteiger partial charge in [-0.15, -0.1) is 0 Å².